The highest BCUT2D eigenvalue weighted by molar-refractivity contribution is 4.77. The van der Waals surface area contributed by atoms with Gasteiger partial charge in [-0.1, -0.05) is 19.8 Å². The summed E-state index contributed by atoms with van der Waals surface area (Å²) in [5.74, 6) is 0.615. The van der Waals surface area contributed by atoms with Gasteiger partial charge in [-0.2, -0.15) is 13.2 Å². The predicted octanol–water partition coefficient (Wildman–Crippen LogP) is 3.50. The fourth-order valence-electron chi connectivity index (χ4n) is 2.20. The highest BCUT2D eigenvalue weighted by Gasteiger charge is 2.26. The number of rotatable bonds is 4. The molecule has 1 N–H and O–H groups in total. The Labute approximate surface area is 89.4 Å². The lowest BCUT2D eigenvalue weighted by atomic mass is 9.86. The van der Waals surface area contributed by atoms with Gasteiger partial charge >= 0.3 is 6.18 Å². The van der Waals surface area contributed by atoms with Crippen LogP contribution in [-0.2, 0) is 0 Å². The zero-order valence-corrected chi connectivity index (χ0v) is 9.24. The van der Waals surface area contributed by atoms with Gasteiger partial charge in [0.1, 0.15) is 0 Å². The molecule has 90 valence electrons. The quantitative estimate of drug-likeness (QED) is 0.719. The molecule has 1 saturated carbocycles. The number of hydrogen-bond donors (Lipinski definition) is 1. The minimum absolute atomic E-state index is 0.201. The molecule has 2 atom stereocenters. The predicted molar refractivity (Wildman–Crippen MR) is 54.7 cm³/mol. The van der Waals surface area contributed by atoms with Crippen molar-refractivity contribution in [3.05, 3.63) is 0 Å². The Morgan fingerprint density at radius 1 is 1.20 bits per heavy atom. The van der Waals surface area contributed by atoms with Crippen LogP contribution in [0.15, 0.2) is 0 Å². The first kappa shape index (κ1) is 12.8. The van der Waals surface area contributed by atoms with E-state index in [1.54, 1.807) is 0 Å². The van der Waals surface area contributed by atoms with Crippen molar-refractivity contribution in [2.45, 2.75) is 57.7 Å². The molecule has 0 aromatic rings. The van der Waals surface area contributed by atoms with Crippen LogP contribution < -0.4 is 5.32 Å². The van der Waals surface area contributed by atoms with Crippen LogP contribution in [0.3, 0.4) is 0 Å². The van der Waals surface area contributed by atoms with Crippen LogP contribution in [0.5, 0.6) is 0 Å². The third-order valence-electron chi connectivity index (χ3n) is 3.16. The molecule has 0 spiro atoms. The molecule has 0 aliphatic heterocycles. The van der Waals surface area contributed by atoms with Gasteiger partial charge in [-0.25, -0.2) is 0 Å². The fraction of sp³-hybridized carbons (Fsp3) is 1.00. The van der Waals surface area contributed by atoms with Crippen molar-refractivity contribution < 1.29 is 13.2 Å². The van der Waals surface area contributed by atoms with Gasteiger partial charge in [0.05, 0.1) is 0 Å². The number of halogens is 3. The molecule has 0 heterocycles. The van der Waals surface area contributed by atoms with Crippen molar-refractivity contribution >= 4 is 0 Å². The average Bonchev–Trinajstić information content (AvgIpc) is 2.13. The Hall–Kier alpha value is -0.250. The van der Waals surface area contributed by atoms with Crippen LogP contribution in [0.2, 0.25) is 0 Å². The van der Waals surface area contributed by atoms with Crippen LogP contribution in [0, 0.1) is 5.92 Å². The molecule has 1 aliphatic carbocycles. The molecule has 2 unspecified atom stereocenters. The van der Waals surface area contributed by atoms with Gasteiger partial charge in [0.25, 0.3) is 0 Å². The first-order valence-corrected chi connectivity index (χ1v) is 5.79. The zero-order valence-electron chi connectivity index (χ0n) is 9.24. The van der Waals surface area contributed by atoms with E-state index in [9.17, 15) is 13.2 Å². The zero-order chi connectivity index (χ0) is 11.3. The van der Waals surface area contributed by atoms with Gasteiger partial charge in [0.15, 0.2) is 0 Å². The van der Waals surface area contributed by atoms with Crippen molar-refractivity contribution in [3.63, 3.8) is 0 Å². The van der Waals surface area contributed by atoms with Crippen LogP contribution in [0.4, 0.5) is 13.2 Å². The summed E-state index contributed by atoms with van der Waals surface area (Å²) in [6.45, 7) is 2.68. The average molecular weight is 223 g/mol. The number of hydrogen-bond acceptors (Lipinski definition) is 1. The van der Waals surface area contributed by atoms with E-state index < -0.39 is 12.6 Å². The first-order chi connectivity index (χ1) is 6.99. The van der Waals surface area contributed by atoms with Gasteiger partial charge in [-0.15, -0.1) is 0 Å². The fourth-order valence-corrected chi connectivity index (χ4v) is 2.20. The van der Waals surface area contributed by atoms with E-state index in [4.69, 9.17) is 0 Å². The minimum atomic E-state index is -4.00. The Balaban J connectivity index is 2.08. The monoisotopic (exact) mass is 223 g/mol. The molecule has 1 nitrogen and oxygen atoms in total. The van der Waals surface area contributed by atoms with Gasteiger partial charge in [-0.3, -0.25) is 0 Å². The molecule has 0 bridgehead atoms. The molecule has 0 saturated heterocycles. The molecule has 1 rings (SSSR count). The second-order valence-electron chi connectivity index (χ2n) is 4.54. The normalized spacial score (nSPS) is 28.0. The van der Waals surface area contributed by atoms with Crippen molar-refractivity contribution in [1.29, 1.82) is 0 Å². The van der Waals surface area contributed by atoms with Crippen molar-refractivity contribution in [3.8, 4) is 0 Å². The topological polar surface area (TPSA) is 12.0 Å². The summed E-state index contributed by atoms with van der Waals surface area (Å²) in [5.41, 5.74) is 0. The maximum absolute atomic E-state index is 11.9. The lowest BCUT2D eigenvalue weighted by molar-refractivity contribution is -0.135. The van der Waals surface area contributed by atoms with Crippen LogP contribution in [0.25, 0.3) is 0 Å². The van der Waals surface area contributed by atoms with E-state index in [1.807, 2.05) is 0 Å². The largest absolute Gasteiger partial charge is 0.389 e. The minimum Gasteiger partial charge on any atom is -0.314 e. The molecule has 0 amide bonds. The highest BCUT2D eigenvalue weighted by Crippen LogP contribution is 2.24. The molecular weight excluding hydrogens is 203 g/mol. The van der Waals surface area contributed by atoms with Crippen molar-refractivity contribution in [1.82, 2.24) is 5.32 Å². The molecule has 1 aliphatic rings. The van der Waals surface area contributed by atoms with Crippen LogP contribution in [-0.4, -0.2) is 18.8 Å². The Kier molecular flexibility index (Phi) is 4.90. The standard InChI is InChI=1S/C11H20F3N/c1-9-5-2-3-6-10(9)15-8-4-7-11(12,13)14/h9-10,15H,2-8H2,1H3. The maximum atomic E-state index is 11.9. The summed E-state index contributed by atoms with van der Waals surface area (Å²) < 4.78 is 35.6. The third-order valence-corrected chi connectivity index (χ3v) is 3.16. The van der Waals surface area contributed by atoms with E-state index in [0.29, 0.717) is 18.5 Å². The lowest BCUT2D eigenvalue weighted by Crippen LogP contribution is -2.37. The number of nitrogens with one attached hydrogen (secondary N) is 1. The van der Waals surface area contributed by atoms with E-state index in [1.165, 1.54) is 19.3 Å². The Morgan fingerprint density at radius 3 is 2.47 bits per heavy atom. The van der Waals surface area contributed by atoms with E-state index in [0.717, 1.165) is 6.42 Å². The Bertz CT molecular complexity index is 179. The van der Waals surface area contributed by atoms with Crippen LogP contribution in [0.1, 0.15) is 45.4 Å². The summed E-state index contributed by atoms with van der Waals surface area (Å²) in [4.78, 5) is 0. The van der Waals surface area contributed by atoms with E-state index >= 15 is 0 Å². The first-order valence-electron chi connectivity index (χ1n) is 5.79. The van der Waals surface area contributed by atoms with Crippen molar-refractivity contribution in [2.75, 3.05) is 6.54 Å². The summed E-state index contributed by atoms with van der Waals surface area (Å²) in [6, 6.07) is 0.437. The second-order valence-corrected chi connectivity index (χ2v) is 4.54. The maximum Gasteiger partial charge on any atom is 0.389 e. The molecular formula is C11H20F3N. The summed E-state index contributed by atoms with van der Waals surface area (Å²) in [5, 5.41) is 3.24. The molecule has 1 fully saturated rings. The number of alkyl halides is 3. The lowest BCUT2D eigenvalue weighted by Gasteiger charge is -2.29. The van der Waals surface area contributed by atoms with Gasteiger partial charge < -0.3 is 5.32 Å². The molecule has 0 aromatic carbocycles. The van der Waals surface area contributed by atoms with Gasteiger partial charge in [0.2, 0.25) is 0 Å². The van der Waals surface area contributed by atoms with Crippen LogP contribution >= 0.6 is 0 Å². The summed E-state index contributed by atoms with van der Waals surface area (Å²) >= 11 is 0. The molecule has 4 heteroatoms. The third kappa shape index (κ3) is 5.40. The van der Waals surface area contributed by atoms with Crippen molar-refractivity contribution in [2.24, 2.45) is 5.92 Å². The van der Waals surface area contributed by atoms with E-state index in [-0.39, 0.29) is 6.42 Å². The smallest absolute Gasteiger partial charge is 0.314 e. The highest BCUT2D eigenvalue weighted by atomic mass is 19.4. The van der Waals surface area contributed by atoms with Gasteiger partial charge in [-0.05, 0) is 31.7 Å². The SMILES string of the molecule is CC1CCCCC1NCCCC(F)(F)F. The van der Waals surface area contributed by atoms with E-state index in [2.05, 4.69) is 12.2 Å². The molecule has 15 heavy (non-hydrogen) atoms. The summed E-state index contributed by atoms with van der Waals surface area (Å²) in [6.07, 6.45) is 0.334. The van der Waals surface area contributed by atoms with Gasteiger partial charge in [0, 0.05) is 12.5 Å². The molecule has 0 radical (unpaired) electrons. The Morgan fingerprint density at radius 2 is 1.87 bits per heavy atom. The second kappa shape index (κ2) is 5.73. The summed E-state index contributed by atoms with van der Waals surface area (Å²) in [7, 11) is 0. The molecule has 0 aromatic heterocycles.